The second-order valence-corrected chi connectivity index (χ2v) is 20.9. The van der Waals surface area contributed by atoms with Crippen molar-refractivity contribution in [3.05, 3.63) is 115 Å². The molecule has 4 aromatic carbocycles. The maximum Gasteiger partial charge on any atom is 0.358 e. The van der Waals surface area contributed by atoms with Crippen molar-refractivity contribution >= 4 is 48.7 Å². The fourth-order valence-electron chi connectivity index (χ4n) is 7.84. The molecule has 0 saturated heterocycles. The van der Waals surface area contributed by atoms with Crippen LogP contribution in [0.4, 0.5) is 0 Å². The molecule has 5 rings (SSSR count). The van der Waals surface area contributed by atoms with Crippen LogP contribution in [0.15, 0.2) is 69.2 Å². The summed E-state index contributed by atoms with van der Waals surface area (Å²) in [7, 11) is 0. The zero-order chi connectivity index (χ0) is 50.5. The van der Waals surface area contributed by atoms with E-state index in [0.717, 1.165) is 22.3 Å². The summed E-state index contributed by atoms with van der Waals surface area (Å²) in [5.74, 6) is -3.66. The number of esters is 4. The molecule has 1 aliphatic carbocycles. The predicted molar refractivity (Wildman–Crippen MR) is 255 cm³/mol. The van der Waals surface area contributed by atoms with E-state index in [9.17, 15) is 40.0 Å². The molecule has 0 aliphatic heterocycles. The van der Waals surface area contributed by atoms with Gasteiger partial charge in [0.2, 0.25) is 0 Å². The van der Waals surface area contributed by atoms with Crippen molar-refractivity contribution in [1.82, 2.24) is 0 Å². The Morgan fingerprint density at radius 3 is 0.618 bits per heavy atom. The van der Waals surface area contributed by atoms with Gasteiger partial charge in [-0.05, 0) is 43.9 Å². The Morgan fingerprint density at radius 1 is 0.353 bits per heavy atom. The van der Waals surface area contributed by atoms with Crippen molar-refractivity contribution in [1.29, 1.82) is 0 Å². The first-order valence-electron chi connectivity index (χ1n) is 21.9. The molecular weight excluding hydrogens is 873 g/mol. The average molecular weight is 933 g/mol. The lowest BCUT2D eigenvalue weighted by atomic mass is 9.79. The van der Waals surface area contributed by atoms with Crippen molar-refractivity contribution in [2.45, 2.75) is 130 Å². The molecule has 360 valence electrons. The Hall–Kier alpha value is -7.36. The number of hydrogen-bond donors (Lipinski definition) is 4. The van der Waals surface area contributed by atoms with Gasteiger partial charge in [-0.15, -0.1) is 0 Å². The van der Waals surface area contributed by atoms with E-state index < -0.39 is 45.5 Å². The fraction of sp³-hybridized carbons (Fsp3) is 0.385. The molecule has 0 unspecified atom stereocenters. The van der Waals surface area contributed by atoms with Crippen LogP contribution >= 0.6 is 0 Å². The van der Waals surface area contributed by atoms with Gasteiger partial charge in [-0.2, -0.15) is 0 Å². The highest BCUT2D eigenvalue weighted by atomic mass is 16.6. The first-order chi connectivity index (χ1) is 31.7. The zero-order valence-corrected chi connectivity index (χ0v) is 40.6. The van der Waals surface area contributed by atoms with Gasteiger partial charge in [0.15, 0.2) is 24.9 Å². The summed E-state index contributed by atoms with van der Waals surface area (Å²) in [5.41, 5.74) is 4.91. The number of oxime groups is 4. The minimum absolute atomic E-state index is 0.0320. The molecule has 4 aromatic rings. The second kappa shape index (κ2) is 20.2. The summed E-state index contributed by atoms with van der Waals surface area (Å²) in [4.78, 5) is 53.7. The highest BCUT2D eigenvalue weighted by molar-refractivity contribution is 6.25. The minimum Gasteiger partial charge on any atom is -0.422 e. The van der Waals surface area contributed by atoms with E-state index in [2.05, 4.69) is 20.6 Å². The van der Waals surface area contributed by atoms with Gasteiger partial charge < -0.3 is 39.8 Å². The van der Waals surface area contributed by atoms with Crippen molar-refractivity contribution in [3.8, 4) is 23.0 Å². The molecule has 0 radical (unpaired) electrons. The summed E-state index contributed by atoms with van der Waals surface area (Å²) in [6.07, 6.45) is 2.34. The van der Waals surface area contributed by atoms with E-state index >= 15 is 0 Å². The monoisotopic (exact) mass is 932 g/mol. The molecule has 16 heteroatoms. The quantitative estimate of drug-likeness (QED) is 0.0375. The number of carbonyl (C=O) groups excluding carboxylic acids is 4. The van der Waals surface area contributed by atoms with Crippen LogP contribution in [0.1, 0.15) is 150 Å². The predicted octanol–water partition coefficient (Wildman–Crippen LogP) is 9.01. The van der Waals surface area contributed by atoms with Gasteiger partial charge in [0.05, 0.1) is 0 Å². The van der Waals surface area contributed by atoms with Crippen LogP contribution in [-0.2, 0) is 66.5 Å². The third kappa shape index (κ3) is 12.5. The van der Waals surface area contributed by atoms with Gasteiger partial charge in [0, 0.05) is 70.2 Å². The lowest BCUT2D eigenvalue weighted by Gasteiger charge is -2.28. The van der Waals surface area contributed by atoms with Crippen molar-refractivity contribution < 1.29 is 59.0 Å². The third-order valence-corrected chi connectivity index (χ3v) is 11.4. The van der Waals surface area contributed by atoms with Crippen LogP contribution in [0.25, 0.3) is 0 Å². The Morgan fingerprint density at radius 2 is 0.500 bits per heavy atom. The molecular formula is C52H60N4O12. The molecule has 68 heavy (non-hydrogen) atoms. The summed E-state index contributed by atoms with van der Waals surface area (Å²) in [5, 5.41) is 49.4. The number of fused-ring (bicyclic) bond motifs is 8. The number of rotatable bonds is 8. The van der Waals surface area contributed by atoms with Crippen molar-refractivity contribution in [2.75, 3.05) is 0 Å². The second-order valence-electron chi connectivity index (χ2n) is 20.9. The van der Waals surface area contributed by atoms with Crippen LogP contribution in [0.2, 0.25) is 0 Å². The van der Waals surface area contributed by atoms with E-state index in [1.54, 1.807) is 0 Å². The summed E-state index contributed by atoms with van der Waals surface area (Å²) in [6.45, 7) is 24.2. The number of nitrogens with zero attached hydrogens (tertiary/aromatic N) is 4. The molecule has 0 atom stereocenters. The van der Waals surface area contributed by atoms with Crippen molar-refractivity contribution in [2.24, 2.45) is 20.6 Å². The van der Waals surface area contributed by atoms with Crippen molar-refractivity contribution in [3.63, 3.8) is 0 Å². The highest BCUT2D eigenvalue weighted by Crippen LogP contribution is 2.44. The maximum atomic E-state index is 13.4. The first-order valence-corrected chi connectivity index (χ1v) is 21.9. The normalized spacial score (nSPS) is 13.6. The number of carbonyl (C=O) groups is 4. The molecule has 1 aliphatic rings. The van der Waals surface area contributed by atoms with Gasteiger partial charge in [-0.25, -0.2) is 19.2 Å². The van der Waals surface area contributed by atoms with E-state index in [-0.39, 0.29) is 48.7 Å². The first kappa shape index (κ1) is 51.6. The summed E-state index contributed by atoms with van der Waals surface area (Å²) < 4.78 is 24.4. The van der Waals surface area contributed by atoms with Gasteiger partial charge in [0.25, 0.3) is 0 Å². The zero-order valence-electron chi connectivity index (χ0n) is 40.6. The molecule has 0 aromatic heterocycles. The number of hydrogen-bond acceptors (Lipinski definition) is 16. The largest absolute Gasteiger partial charge is 0.422 e. The van der Waals surface area contributed by atoms with E-state index in [1.165, 1.54) is 0 Å². The molecule has 8 bridgehead atoms. The fourth-order valence-corrected chi connectivity index (χ4v) is 7.84. The topological polar surface area (TPSA) is 236 Å². The molecule has 0 amide bonds. The lowest BCUT2D eigenvalue weighted by Crippen LogP contribution is -2.20. The number of ether oxygens (including phenoxy) is 4. The molecule has 0 fully saturated rings. The van der Waals surface area contributed by atoms with Gasteiger partial charge in [-0.1, -0.05) is 152 Å². The van der Waals surface area contributed by atoms with Gasteiger partial charge >= 0.3 is 23.9 Å². The van der Waals surface area contributed by atoms with Crippen LogP contribution in [-0.4, -0.2) is 69.6 Å². The smallest absolute Gasteiger partial charge is 0.358 e. The summed E-state index contributed by atoms with van der Waals surface area (Å²) in [6, 6.07) is 15.0. The minimum atomic E-state index is -1.00. The van der Waals surface area contributed by atoms with Crippen LogP contribution in [0.5, 0.6) is 23.0 Å². The van der Waals surface area contributed by atoms with Gasteiger partial charge in [0.1, 0.15) is 23.0 Å². The molecule has 0 saturated carbocycles. The van der Waals surface area contributed by atoms with Crippen LogP contribution in [0.3, 0.4) is 0 Å². The SMILES string of the molecule is CC(C)(C)c1cc2c(OC(=O)/C=N\O)c(c1)Cc1cc(C(C)(C)C)cc(c1OC(=O)/C=N/O)Cc1cc(C(C)(C)C)cc(c1OC(=O)/C=N/O)Cc1cc(C(C)(C)C)cc(c1OC(=O)/C=N/O)C2. The third-order valence-electron chi connectivity index (χ3n) is 11.4. The summed E-state index contributed by atoms with van der Waals surface area (Å²) >= 11 is 0. The Kier molecular flexibility index (Phi) is 15.4. The standard InChI is InChI=1S/C52H60N4O12/c1-49(2,3)37-17-29-13-31-19-38(50(4,5)6)21-33(46(31)66-42(58)26-54-62)15-35-23-40(52(10,11)12)24-36(48(35)68-44(60)28-56-64)16-34-22-39(51(7,8)9)20-32(47(34)67-43(59)27-55-63)14-30(18-37)45(29)65-41(57)25-53-61/h17-28,61-64H,13-16H2,1-12H3/b53-25-,54-26+,55-27+,56-28+. The highest BCUT2D eigenvalue weighted by Gasteiger charge is 2.31. The lowest BCUT2D eigenvalue weighted by molar-refractivity contribution is -0.127. The number of benzene rings is 4. The van der Waals surface area contributed by atoms with E-state index in [4.69, 9.17) is 18.9 Å². The van der Waals surface area contributed by atoms with E-state index in [1.807, 2.05) is 132 Å². The molecule has 16 nitrogen and oxygen atoms in total. The molecule has 4 N–H and O–H groups in total. The average Bonchev–Trinajstić information content (AvgIpc) is 3.20. The molecule has 0 spiro atoms. The van der Waals surface area contributed by atoms with Crippen LogP contribution < -0.4 is 18.9 Å². The van der Waals surface area contributed by atoms with E-state index in [0.29, 0.717) is 69.4 Å². The van der Waals surface area contributed by atoms with Gasteiger partial charge in [-0.3, -0.25) is 0 Å². The van der Waals surface area contributed by atoms with Crippen LogP contribution in [0, 0.1) is 0 Å². The molecule has 0 heterocycles. The Balaban J connectivity index is 2.11. The maximum absolute atomic E-state index is 13.4. The Labute approximate surface area is 395 Å². The Bertz CT molecular complexity index is 2270.